The van der Waals surface area contributed by atoms with E-state index >= 15 is 0 Å². The highest BCUT2D eigenvalue weighted by molar-refractivity contribution is 5.43. The summed E-state index contributed by atoms with van der Waals surface area (Å²) >= 11 is 0. The zero-order valence-electron chi connectivity index (χ0n) is 13.1. The molecule has 1 atom stereocenters. The number of hydrogen-bond donors (Lipinski definition) is 0. The van der Waals surface area contributed by atoms with Gasteiger partial charge in [-0.15, -0.1) is 0 Å². The van der Waals surface area contributed by atoms with Crippen LogP contribution in [0.4, 0.5) is 0 Å². The van der Waals surface area contributed by atoms with Gasteiger partial charge in [-0.05, 0) is 23.1 Å². The lowest BCUT2D eigenvalue weighted by Crippen LogP contribution is -2.32. The Morgan fingerprint density at radius 1 is 0.652 bits per heavy atom. The average Bonchev–Trinajstić information content (AvgIpc) is 3.10. The van der Waals surface area contributed by atoms with Crippen LogP contribution in [0.2, 0.25) is 0 Å². The molecule has 0 aliphatic carbocycles. The van der Waals surface area contributed by atoms with Crippen LogP contribution in [0.3, 0.4) is 0 Å². The second-order valence-electron chi connectivity index (χ2n) is 6.07. The minimum absolute atomic E-state index is 0.327. The number of benzene rings is 3. The molecule has 0 bridgehead atoms. The van der Waals surface area contributed by atoms with E-state index in [1.807, 2.05) is 0 Å². The van der Waals surface area contributed by atoms with Gasteiger partial charge < -0.3 is 4.74 Å². The maximum Gasteiger partial charge on any atom is 0.125 e. The Kier molecular flexibility index (Phi) is 3.72. The van der Waals surface area contributed by atoms with Gasteiger partial charge in [0.1, 0.15) is 5.60 Å². The zero-order chi connectivity index (χ0) is 15.5. The third-order valence-corrected chi connectivity index (χ3v) is 4.83. The van der Waals surface area contributed by atoms with Gasteiger partial charge in [0.15, 0.2) is 0 Å². The predicted octanol–water partition coefficient (Wildman–Crippen LogP) is 5.13. The van der Waals surface area contributed by atoms with E-state index in [0.29, 0.717) is 5.92 Å². The monoisotopic (exact) mass is 300 g/mol. The lowest BCUT2D eigenvalue weighted by Gasteiger charge is -2.36. The molecule has 4 rings (SSSR count). The van der Waals surface area contributed by atoms with Crippen molar-refractivity contribution in [3.8, 4) is 0 Å². The number of rotatable bonds is 3. The maximum absolute atomic E-state index is 6.48. The Hall–Kier alpha value is -2.38. The van der Waals surface area contributed by atoms with Crippen molar-refractivity contribution in [3.05, 3.63) is 108 Å². The predicted molar refractivity (Wildman–Crippen MR) is 93.4 cm³/mol. The molecule has 3 aromatic carbocycles. The third kappa shape index (κ3) is 2.38. The molecule has 0 radical (unpaired) electrons. The Morgan fingerprint density at radius 3 is 1.65 bits per heavy atom. The summed E-state index contributed by atoms with van der Waals surface area (Å²) in [6.45, 7) is 0.781. The first-order valence-corrected chi connectivity index (χ1v) is 8.21. The molecule has 3 aromatic rings. The molecule has 1 saturated heterocycles. The number of ether oxygens (including phenoxy) is 1. The van der Waals surface area contributed by atoms with E-state index < -0.39 is 5.60 Å². The van der Waals surface area contributed by atoms with Crippen molar-refractivity contribution in [2.24, 2.45) is 0 Å². The second kappa shape index (κ2) is 6.02. The molecule has 114 valence electrons. The van der Waals surface area contributed by atoms with E-state index in [4.69, 9.17) is 4.74 Å². The fourth-order valence-corrected chi connectivity index (χ4v) is 3.84. The highest BCUT2D eigenvalue weighted by atomic mass is 16.5. The fourth-order valence-electron chi connectivity index (χ4n) is 3.84. The Balaban J connectivity index is 1.93. The molecule has 1 nitrogen and oxygen atoms in total. The van der Waals surface area contributed by atoms with Crippen LogP contribution in [0.1, 0.15) is 29.0 Å². The summed E-state index contributed by atoms with van der Waals surface area (Å²) in [4.78, 5) is 0. The van der Waals surface area contributed by atoms with Crippen molar-refractivity contribution in [1.82, 2.24) is 0 Å². The Labute approximate surface area is 137 Å². The van der Waals surface area contributed by atoms with Gasteiger partial charge in [-0.25, -0.2) is 0 Å². The number of hydrogen-bond acceptors (Lipinski definition) is 1. The summed E-state index contributed by atoms with van der Waals surface area (Å²) in [5.74, 6) is 0.327. The van der Waals surface area contributed by atoms with Gasteiger partial charge in [-0.1, -0.05) is 91.0 Å². The first kappa shape index (κ1) is 14.2. The van der Waals surface area contributed by atoms with Crippen LogP contribution in [-0.2, 0) is 10.3 Å². The van der Waals surface area contributed by atoms with E-state index in [2.05, 4.69) is 91.0 Å². The first-order valence-electron chi connectivity index (χ1n) is 8.21. The van der Waals surface area contributed by atoms with Gasteiger partial charge in [0.2, 0.25) is 0 Å². The molecule has 1 heterocycles. The van der Waals surface area contributed by atoms with Crippen LogP contribution in [0.15, 0.2) is 91.0 Å². The van der Waals surface area contributed by atoms with Crippen molar-refractivity contribution in [2.75, 3.05) is 6.61 Å². The Morgan fingerprint density at radius 2 is 1.13 bits per heavy atom. The Bertz CT molecular complexity index is 710. The normalized spacial score (nSPS) is 19.6. The van der Waals surface area contributed by atoms with Crippen LogP contribution in [0.25, 0.3) is 0 Å². The molecule has 0 saturated carbocycles. The SMILES string of the molecule is c1ccc(C2CCOC2(c2ccccc2)c2ccccc2)cc1. The summed E-state index contributed by atoms with van der Waals surface area (Å²) in [5.41, 5.74) is 3.41. The van der Waals surface area contributed by atoms with Crippen LogP contribution in [-0.4, -0.2) is 6.61 Å². The van der Waals surface area contributed by atoms with Crippen LogP contribution < -0.4 is 0 Å². The summed E-state index contributed by atoms with van der Waals surface area (Å²) in [6, 6.07) is 32.0. The molecule has 1 unspecified atom stereocenters. The summed E-state index contributed by atoms with van der Waals surface area (Å²) in [7, 11) is 0. The third-order valence-electron chi connectivity index (χ3n) is 4.83. The van der Waals surface area contributed by atoms with Gasteiger partial charge in [0.25, 0.3) is 0 Å². The lowest BCUT2D eigenvalue weighted by molar-refractivity contribution is 0.0262. The summed E-state index contributed by atoms with van der Waals surface area (Å²) in [5, 5.41) is 0. The van der Waals surface area contributed by atoms with Crippen molar-refractivity contribution >= 4 is 0 Å². The van der Waals surface area contributed by atoms with Gasteiger partial charge >= 0.3 is 0 Å². The maximum atomic E-state index is 6.48. The molecule has 0 spiro atoms. The van der Waals surface area contributed by atoms with Crippen molar-refractivity contribution in [3.63, 3.8) is 0 Å². The standard InChI is InChI=1S/C22H20O/c1-4-10-18(11-5-1)21-16-17-23-22(21,19-12-6-2-7-13-19)20-14-8-3-9-15-20/h1-15,21H,16-17H2. The lowest BCUT2D eigenvalue weighted by atomic mass is 9.73. The van der Waals surface area contributed by atoms with Crippen LogP contribution in [0, 0.1) is 0 Å². The van der Waals surface area contributed by atoms with Crippen LogP contribution >= 0.6 is 0 Å². The van der Waals surface area contributed by atoms with Gasteiger partial charge in [0, 0.05) is 12.5 Å². The van der Waals surface area contributed by atoms with Crippen molar-refractivity contribution in [1.29, 1.82) is 0 Å². The first-order chi connectivity index (χ1) is 11.4. The minimum Gasteiger partial charge on any atom is -0.365 e. The average molecular weight is 300 g/mol. The van der Waals surface area contributed by atoms with Gasteiger partial charge in [-0.3, -0.25) is 0 Å². The van der Waals surface area contributed by atoms with Gasteiger partial charge in [0.05, 0.1) is 0 Å². The molecule has 0 aromatic heterocycles. The van der Waals surface area contributed by atoms with E-state index in [0.717, 1.165) is 13.0 Å². The topological polar surface area (TPSA) is 9.23 Å². The summed E-state index contributed by atoms with van der Waals surface area (Å²) in [6.07, 6.45) is 1.04. The highest BCUT2D eigenvalue weighted by Crippen LogP contribution is 2.51. The zero-order valence-corrected chi connectivity index (χ0v) is 13.1. The van der Waals surface area contributed by atoms with E-state index in [1.54, 1.807) is 0 Å². The summed E-state index contributed by atoms with van der Waals surface area (Å²) < 4.78 is 6.48. The highest BCUT2D eigenvalue weighted by Gasteiger charge is 2.47. The van der Waals surface area contributed by atoms with Crippen molar-refractivity contribution in [2.45, 2.75) is 17.9 Å². The van der Waals surface area contributed by atoms with E-state index in [1.165, 1.54) is 16.7 Å². The molecular formula is C22H20O. The van der Waals surface area contributed by atoms with Crippen LogP contribution in [0.5, 0.6) is 0 Å². The molecule has 1 aliphatic heterocycles. The second-order valence-corrected chi connectivity index (χ2v) is 6.07. The molecule has 1 heteroatoms. The molecular weight excluding hydrogens is 280 g/mol. The quantitative estimate of drug-likeness (QED) is 0.651. The van der Waals surface area contributed by atoms with Crippen molar-refractivity contribution < 1.29 is 4.74 Å². The van der Waals surface area contributed by atoms with E-state index in [-0.39, 0.29) is 0 Å². The van der Waals surface area contributed by atoms with Gasteiger partial charge in [-0.2, -0.15) is 0 Å². The molecule has 0 amide bonds. The fraction of sp³-hybridized carbons (Fsp3) is 0.182. The molecule has 1 aliphatic rings. The molecule has 0 N–H and O–H groups in total. The molecule has 23 heavy (non-hydrogen) atoms. The smallest absolute Gasteiger partial charge is 0.125 e. The van der Waals surface area contributed by atoms with E-state index in [9.17, 15) is 0 Å². The minimum atomic E-state index is -0.399. The molecule has 1 fully saturated rings. The largest absolute Gasteiger partial charge is 0.365 e.